The molecule has 28 heavy (non-hydrogen) atoms. The molecule has 3 rings (SSSR count). The van der Waals surface area contributed by atoms with Crippen molar-refractivity contribution in [2.45, 2.75) is 33.1 Å². The number of imidazole rings is 1. The molecule has 1 aliphatic heterocycles. The summed E-state index contributed by atoms with van der Waals surface area (Å²) in [6, 6.07) is 4.12. The highest BCUT2D eigenvalue weighted by Crippen LogP contribution is 2.32. The number of guanidine groups is 1. The van der Waals surface area contributed by atoms with Crippen molar-refractivity contribution in [1.29, 1.82) is 0 Å². The molecule has 0 aromatic carbocycles. The Labute approximate surface area is 184 Å². The summed E-state index contributed by atoms with van der Waals surface area (Å²) in [5.41, 5.74) is 3.23. The van der Waals surface area contributed by atoms with Crippen LogP contribution in [-0.2, 0) is 11.2 Å². The lowest BCUT2D eigenvalue weighted by Crippen LogP contribution is -2.39. The molecule has 2 aromatic heterocycles. The van der Waals surface area contributed by atoms with Crippen molar-refractivity contribution >= 4 is 35.6 Å². The number of rotatable bonds is 8. The highest BCUT2D eigenvalue weighted by molar-refractivity contribution is 14.0. The van der Waals surface area contributed by atoms with E-state index in [1.54, 1.807) is 0 Å². The second-order valence-electron chi connectivity index (χ2n) is 7.30. The summed E-state index contributed by atoms with van der Waals surface area (Å²) in [5.74, 6) is 0.807. The first-order valence-electron chi connectivity index (χ1n) is 9.80. The molecule has 1 fully saturated rings. The highest BCUT2D eigenvalue weighted by Gasteiger charge is 2.34. The van der Waals surface area contributed by atoms with Crippen molar-refractivity contribution in [3.05, 3.63) is 35.8 Å². The summed E-state index contributed by atoms with van der Waals surface area (Å²) in [6.07, 6.45) is 6.63. The smallest absolute Gasteiger partial charge is 0.191 e. The van der Waals surface area contributed by atoms with Crippen LogP contribution in [0.3, 0.4) is 0 Å². The third-order valence-electron chi connectivity index (χ3n) is 5.15. The van der Waals surface area contributed by atoms with Crippen molar-refractivity contribution in [3.63, 3.8) is 0 Å². The van der Waals surface area contributed by atoms with Gasteiger partial charge in [0.1, 0.15) is 5.65 Å². The molecule has 1 saturated heterocycles. The first-order chi connectivity index (χ1) is 13.2. The molecule has 0 aliphatic carbocycles. The Hall–Kier alpha value is -1.39. The quantitative estimate of drug-likeness (QED) is 0.294. The number of aryl methyl sites for hydroxylation is 1. The van der Waals surface area contributed by atoms with E-state index in [9.17, 15) is 5.11 Å². The Balaban J connectivity index is 0.00000280. The van der Waals surface area contributed by atoms with Gasteiger partial charge in [0.15, 0.2) is 5.96 Å². The molecule has 0 bridgehead atoms. The fourth-order valence-electron chi connectivity index (χ4n) is 3.51. The molecule has 7 nitrogen and oxygen atoms in total. The average Bonchev–Trinajstić information content (AvgIpc) is 3.28. The second kappa shape index (κ2) is 11.0. The van der Waals surface area contributed by atoms with E-state index in [0.717, 1.165) is 56.3 Å². The van der Waals surface area contributed by atoms with Crippen LogP contribution in [0.2, 0.25) is 0 Å². The molecule has 0 spiro atoms. The van der Waals surface area contributed by atoms with E-state index >= 15 is 0 Å². The van der Waals surface area contributed by atoms with E-state index in [-0.39, 0.29) is 36.0 Å². The van der Waals surface area contributed by atoms with Gasteiger partial charge in [-0.3, -0.25) is 4.99 Å². The highest BCUT2D eigenvalue weighted by atomic mass is 127. The van der Waals surface area contributed by atoms with Gasteiger partial charge in [-0.25, -0.2) is 4.98 Å². The summed E-state index contributed by atoms with van der Waals surface area (Å²) in [5, 5.41) is 16.1. The number of hydrogen-bond acceptors (Lipinski definition) is 4. The summed E-state index contributed by atoms with van der Waals surface area (Å²) in [6.45, 7) is 7.98. The predicted octanol–water partition coefficient (Wildman–Crippen LogP) is 2.15. The van der Waals surface area contributed by atoms with Crippen molar-refractivity contribution in [2.75, 3.05) is 39.5 Å². The van der Waals surface area contributed by atoms with Gasteiger partial charge in [0.25, 0.3) is 0 Å². The Bertz CT molecular complexity index is 771. The van der Waals surface area contributed by atoms with Gasteiger partial charge < -0.3 is 24.9 Å². The maximum Gasteiger partial charge on any atom is 0.191 e. The number of hydrogen-bond donors (Lipinski definition) is 3. The maximum atomic E-state index is 9.36. The molecule has 2 aromatic rings. The number of nitrogens with one attached hydrogen (secondary N) is 2. The molecule has 0 saturated carbocycles. The minimum atomic E-state index is -0.0315. The zero-order chi connectivity index (χ0) is 19.1. The topological polar surface area (TPSA) is 83.2 Å². The van der Waals surface area contributed by atoms with E-state index in [1.807, 2.05) is 12.3 Å². The zero-order valence-electron chi connectivity index (χ0n) is 16.8. The molecule has 3 heterocycles. The van der Waals surface area contributed by atoms with Crippen LogP contribution >= 0.6 is 24.0 Å². The molecule has 3 N–H and O–H groups in total. The molecule has 1 aliphatic rings. The molecule has 0 amide bonds. The molecule has 0 radical (unpaired) electrons. The summed E-state index contributed by atoms with van der Waals surface area (Å²) in [4.78, 5) is 9.47. The number of halogens is 1. The third kappa shape index (κ3) is 5.81. The number of nitrogens with zero attached hydrogens (tertiary/aromatic N) is 3. The Kier molecular flexibility index (Phi) is 8.97. The van der Waals surface area contributed by atoms with E-state index in [4.69, 9.17) is 14.7 Å². The van der Waals surface area contributed by atoms with E-state index < -0.39 is 0 Å². The van der Waals surface area contributed by atoms with Gasteiger partial charge in [0.05, 0.1) is 18.8 Å². The van der Waals surface area contributed by atoms with Crippen LogP contribution in [0.5, 0.6) is 0 Å². The number of ether oxygens (including phenoxy) is 1. The van der Waals surface area contributed by atoms with Crippen LogP contribution < -0.4 is 10.6 Å². The van der Waals surface area contributed by atoms with Crippen molar-refractivity contribution in [1.82, 2.24) is 20.0 Å². The van der Waals surface area contributed by atoms with Crippen LogP contribution in [0.1, 0.15) is 31.0 Å². The SMILES string of the molecule is CCNC(=NCC1(CCO)CCOC1)NCCc1cn2cccc(C)c2n1.I. The molecule has 156 valence electrons. The van der Waals surface area contributed by atoms with Gasteiger partial charge in [-0.05, 0) is 38.3 Å². The van der Waals surface area contributed by atoms with Gasteiger partial charge in [0, 0.05) is 50.5 Å². The number of aliphatic imine (C=N–C) groups is 1. The maximum absolute atomic E-state index is 9.36. The number of fused-ring (bicyclic) bond motifs is 1. The van der Waals surface area contributed by atoms with Crippen LogP contribution in [0, 0.1) is 12.3 Å². The number of pyridine rings is 1. The standard InChI is InChI=1S/C20H31N5O2.HI/c1-3-21-19(23-14-20(7-11-26)8-12-27-15-20)22-9-6-17-13-25-10-4-5-16(2)18(25)24-17;/h4-5,10,13,26H,3,6-9,11-12,14-15H2,1-2H3,(H2,21,22,23);1H. The lowest BCUT2D eigenvalue weighted by molar-refractivity contribution is 0.131. The lowest BCUT2D eigenvalue weighted by atomic mass is 9.84. The number of aromatic nitrogens is 2. The number of aliphatic hydroxyl groups excluding tert-OH is 1. The van der Waals surface area contributed by atoms with Crippen molar-refractivity contribution in [2.24, 2.45) is 10.4 Å². The fourth-order valence-corrected chi connectivity index (χ4v) is 3.51. The minimum Gasteiger partial charge on any atom is -0.396 e. The second-order valence-corrected chi connectivity index (χ2v) is 7.30. The minimum absolute atomic E-state index is 0. The Morgan fingerprint density at radius 1 is 1.43 bits per heavy atom. The monoisotopic (exact) mass is 501 g/mol. The van der Waals surface area contributed by atoms with E-state index in [2.05, 4.69) is 41.1 Å². The lowest BCUT2D eigenvalue weighted by Gasteiger charge is -2.24. The van der Waals surface area contributed by atoms with Gasteiger partial charge in [-0.15, -0.1) is 24.0 Å². The molecule has 1 unspecified atom stereocenters. The molecule has 1 atom stereocenters. The van der Waals surface area contributed by atoms with E-state index in [1.165, 1.54) is 5.56 Å². The molecular formula is C20H32IN5O2. The summed E-state index contributed by atoms with van der Waals surface area (Å²) >= 11 is 0. The molecular weight excluding hydrogens is 469 g/mol. The zero-order valence-corrected chi connectivity index (χ0v) is 19.1. The van der Waals surface area contributed by atoms with Crippen LogP contribution in [0.15, 0.2) is 29.5 Å². The predicted molar refractivity (Wildman–Crippen MR) is 123 cm³/mol. The first kappa shape index (κ1) is 22.9. The van der Waals surface area contributed by atoms with Gasteiger partial charge in [-0.2, -0.15) is 0 Å². The normalized spacial score (nSPS) is 19.6. The van der Waals surface area contributed by atoms with Gasteiger partial charge in [0.2, 0.25) is 0 Å². The van der Waals surface area contributed by atoms with Crippen LogP contribution in [-0.4, -0.2) is 59.9 Å². The largest absolute Gasteiger partial charge is 0.396 e. The first-order valence-corrected chi connectivity index (χ1v) is 9.80. The third-order valence-corrected chi connectivity index (χ3v) is 5.15. The van der Waals surface area contributed by atoms with Crippen molar-refractivity contribution < 1.29 is 9.84 Å². The van der Waals surface area contributed by atoms with Crippen LogP contribution in [0.4, 0.5) is 0 Å². The van der Waals surface area contributed by atoms with Gasteiger partial charge >= 0.3 is 0 Å². The number of aliphatic hydroxyl groups is 1. The summed E-state index contributed by atoms with van der Waals surface area (Å²) < 4.78 is 7.62. The van der Waals surface area contributed by atoms with Crippen LogP contribution in [0.25, 0.3) is 5.65 Å². The molecule has 8 heteroatoms. The average molecular weight is 501 g/mol. The van der Waals surface area contributed by atoms with Crippen molar-refractivity contribution in [3.8, 4) is 0 Å². The Morgan fingerprint density at radius 3 is 2.96 bits per heavy atom. The fraction of sp³-hybridized carbons (Fsp3) is 0.600. The summed E-state index contributed by atoms with van der Waals surface area (Å²) in [7, 11) is 0. The van der Waals surface area contributed by atoms with E-state index in [0.29, 0.717) is 13.2 Å². The Morgan fingerprint density at radius 2 is 2.29 bits per heavy atom. The van der Waals surface area contributed by atoms with Gasteiger partial charge in [-0.1, -0.05) is 6.07 Å².